The normalized spacial score (nSPS) is 11.6. The minimum absolute atomic E-state index is 0.0567. The highest BCUT2D eigenvalue weighted by molar-refractivity contribution is 9.10. The molecule has 1 N–H and O–H groups in total. The number of sulfonamides is 1. The molecule has 0 aliphatic rings. The van der Waals surface area contributed by atoms with E-state index in [1.54, 1.807) is 49.4 Å². The smallest absolute Gasteiger partial charge is 0.243 e. The number of benzene rings is 3. The van der Waals surface area contributed by atoms with Gasteiger partial charge in [-0.25, -0.2) is 8.42 Å². The van der Waals surface area contributed by atoms with Gasteiger partial charge in [-0.2, -0.15) is 4.31 Å². The van der Waals surface area contributed by atoms with Gasteiger partial charge >= 0.3 is 0 Å². The highest BCUT2D eigenvalue weighted by Gasteiger charge is 2.28. The number of anilines is 1. The van der Waals surface area contributed by atoms with E-state index in [-0.39, 0.29) is 11.4 Å². The zero-order chi connectivity index (χ0) is 23.5. The van der Waals surface area contributed by atoms with Gasteiger partial charge in [0.25, 0.3) is 0 Å². The monoisotopic (exact) mass is 574 g/mol. The first-order valence-corrected chi connectivity index (χ1v) is 12.7. The maximum Gasteiger partial charge on any atom is 0.243 e. The van der Waals surface area contributed by atoms with Gasteiger partial charge < -0.3 is 5.32 Å². The molecule has 10 heteroatoms. The van der Waals surface area contributed by atoms with Crippen molar-refractivity contribution < 1.29 is 13.2 Å². The molecule has 3 aromatic carbocycles. The summed E-state index contributed by atoms with van der Waals surface area (Å²) in [6.45, 7) is 1.27. The van der Waals surface area contributed by atoms with E-state index in [1.165, 1.54) is 18.2 Å². The van der Waals surface area contributed by atoms with Gasteiger partial charge in [0.1, 0.15) is 0 Å². The Morgan fingerprint density at radius 1 is 0.969 bits per heavy atom. The Morgan fingerprint density at radius 3 is 2.22 bits per heavy atom. The lowest BCUT2D eigenvalue weighted by atomic mass is 10.2. The average molecular weight is 577 g/mol. The van der Waals surface area contributed by atoms with Gasteiger partial charge in [-0.3, -0.25) is 4.79 Å². The minimum atomic E-state index is -4.01. The van der Waals surface area contributed by atoms with Gasteiger partial charge in [0, 0.05) is 31.8 Å². The summed E-state index contributed by atoms with van der Waals surface area (Å²) in [6.07, 6.45) is 0. The summed E-state index contributed by atoms with van der Waals surface area (Å²) in [7, 11) is -4.01. The molecule has 0 spiro atoms. The van der Waals surface area contributed by atoms with Crippen molar-refractivity contribution in [2.24, 2.45) is 0 Å². The molecule has 0 aromatic heterocycles. The van der Waals surface area contributed by atoms with Crippen LogP contribution in [-0.4, -0.2) is 25.2 Å². The number of carbonyl (C=O) groups excluding carboxylic acids is 1. The lowest BCUT2D eigenvalue weighted by molar-refractivity contribution is -0.116. The van der Waals surface area contributed by atoms with Crippen LogP contribution in [0.4, 0.5) is 5.69 Å². The zero-order valence-corrected chi connectivity index (χ0v) is 21.5. The number of aryl methyl sites for hydroxylation is 1. The van der Waals surface area contributed by atoms with Crippen molar-refractivity contribution in [1.29, 1.82) is 0 Å². The first-order valence-electron chi connectivity index (χ1n) is 9.32. The van der Waals surface area contributed by atoms with E-state index < -0.39 is 22.5 Å². The fourth-order valence-electron chi connectivity index (χ4n) is 2.94. The van der Waals surface area contributed by atoms with Crippen LogP contribution in [0.2, 0.25) is 15.1 Å². The standard InChI is InChI=1S/C22H18BrCl3N2O3S/c1-14-10-17(24)6-9-21(14)27-22(29)13-28(12-15-2-5-18(25)11-20(15)26)32(30,31)19-7-3-16(23)4-8-19/h2-11H,12-13H2,1H3,(H,27,29). The van der Waals surface area contributed by atoms with Crippen LogP contribution in [0.25, 0.3) is 0 Å². The number of carbonyl (C=O) groups is 1. The SMILES string of the molecule is Cc1cc(Cl)ccc1NC(=O)CN(Cc1ccc(Cl)cc1Cl)S(=O)(=O)c1ccc(Br)cc1. The van der Waals surface area contributed by atoms with E-state index in [9.17, 15) is 13.2 Å². The minimum Gasteiger partial charge on any atom is -0.325 e. The lowest BCUT2D eigenvalue weighted by Gasteiger charge is -2.23. The van der Waals surface area contributed by atoms with Crippen molar-refractivity contribution in [3.63, 3.8) is 0 Å². The molecule has 0 fully saturated rings. The summed E-state index contributed by atoms with van der Waals surface area (Å²) in [4.78, 5) is 12.9. The second kappa shape index (κ2) is 10.5. The summed E-state index contributed by atoms with van der Waals surface area (Å²) in [6, 6.07) is 16.0. The van der Waals surface area contributed by atoms with Crippen LogP contribution in [0.1, 0.15) is 11.1 Å². The Balaban J connectivity index is 1.92. The van der Waals surface area contributed by atoms with E-state index in [2.05, 4.69) is 21.2 Å². The lowest BCUT2D eigenvalue weighted by Crippen LogP contribution is -2.37. The summed E-state index contributed by atoms with van der Waals surface area (Å²) < 4.78 is 28.6. The van der Waals surface area contributed by atoms with E-state index in [0.717, 1.165) is 14.3 Å². The highest BCUT2D eigenvalue weighted by Crippen LogP contribution is 2.26. The molecule has 0 aliphatic heterocycles. The maximum atomic E-state index is 13.4. The Morgan fingerprint density at radius 2 is 1.59 bits per heavy atom. The number of nitrogens with one attached hydrogen (secondary N) is 1. The molecule has 32 heavy (non-hydrogen) atoms. The van der Waals surface area contributed by atoms with Gasteiger partial charge in [0.05, 0.1) is 11.4 Å². The number of hydrogen-bond acceptors (Lipinski definition) is 3. The Bertz CT molecular complexity index is 1250. The van der Waals surface area contributed by atoms with Crippen molar-refractivity contribution in [3.05, 3.63) is 91.3 Å². The number of hydrogen-bond donors (Lipinski definition) is 1. The van der Waals surface area contributed by atoms with Crippen LogP contribution in [0, 0.1) is 6.92 Å². The topological polar surface area (TPSA) is 66.5 Å². The number of nitrogens with zero attached hydrogens (tertiary/aromatic N) is 1. The molecular formula is C22H18BrCl3N2O3S. The van der Waals surface area contributed by atoms with Crippen LogP contribution < -0.4 is 5.32 Å². The maximum absolute atomic E-state index is 13.4. The predicted molar refractivity (Wildman–Crippen MR) is 133 cm³/mol. The highest BCUT2D eigenvalue weighted by atomic mass is 79.9. The van der Waals surface area contributed by atoms with Gasteiger partial charge in [-0.1, -0.05) is 56.8 Å². The third-order valence-corrected chi connectivity index (χ3v) is 7.75. The molecule has 0 saturated carbocycles. The third kappa shape index (κ3) is 6.25. The summed E-state index contributed by atoms with van der Waals surface area (Å²) in [5.74, 6) is -0.499. The van der Waals surface area contributed by atoms with E-state index in [0.29, 0.717) is 26.3 Å². The average Bonchev–Trinajstić information content (AvgIpc) is 2.71. The van der Waals surface area contributed by atoms with Gasteiger partial charge in [0.15, 0.2) is 0 Å². The van der Waals surface area contributed by atoms with Crippen molar-refractivity contribution in [2.45, 2.75) is 18.4 Å². The first kappa shape index (κ1) is 25.0. The largest absolute Gasteiger partial charge is 0.325 e. The molecule has 0 heterocycles. The molecule has 0 unspecified atom stereocenters. The summed E-state index contributed by atoms with van der Waals surface area (Å²) in [5.41, 5.74) is 1.83. The molecule has 0 radical (unpaired) electrons. The predicted octanol–water partition coefficient (Wildman–Crippen LogP) is 6.55. The van der Waals surface area contributed by atoms with Crippen molar-refractivity contribution in [1.82, 2.24) is 4.31 Å². The van der Waals surface area contributed by atoms with Crippen LogP contribution in [0.15, 0.2) is 70.0 Å². The second-order valence-electron chi connectivity index (χ2n) is 6.97. The molecule has 3 aromatic rings. The molecule has 5 nitrogen and oxygen atoms in total. The van der Waals surface area contributed by atoms with Crippen molar-refractivity contribution >= 4 is 72.4 Å². The number of halogens is 4. The van der Waals surface area contributed by atoms with E-state index in [4.69, 9.17) is 34.8 Å². The molecule has 168 valence electrons. The van der Waals surface area contributed by atoms with Gasteiger partial charge in [-0.15, -0.1) is 0 Å². The van der Waals surface area contributed by atoms with Gasteiger partial charge in [-0.05, 0) is 72.6 Å². The van der Waals surface area contributed by atoms with E-state index >= 15 is 0 Å². The van der Waals surface area contributed by atoms with Crippen LogP contribution >= 0.6 is 50.7 Å². The molecule has 3 rings (SSSR count). The molecular weight excluding hydrogens is 559 g/mol. The fraction of sp³-hybridized carbons (Fsp3) is 0.136. The quantitative estimate of drug-likeness (QED) is 0.347. The summed E-state index contributed by atoms with van der Waals surface area (Å²) >= 11 is 21.5. The fourth-order valence-corrected chi connectivity index (χ4v) is 5.27. The molecule has 0 atom stereocenters. The third-order valence-electron chi connectivity index (χ3n) is 4.60. The van der Waals surface area contributed by atoms with Crippen molar-refractivity contribution in [2.75, 3.05) is 11.9 Å². The number of rotatable bonds is 7. The molecule has 0 aliphatic carbocycles. The Labute approximate surface area is 210 Å². The van der Waals surface area contributed by atoms with Crippen LogP contribution in [-0.2, 0) is 21.4 Å². The summed E-state index contributed by atoms with van der Waals surface area (Å²) in [5, 5.41) is 4.02. The molecule has 1 amide bonds. The molecule has 0 bridgehead atoms. The van der Waals surface area contributed by atoms with Crippen LogP contribution in [0.3, 0.4) is 0 Å². The van der Waals surface area contributed by atoms with Crippen LogP contribution in [0.5, 0.6) is 0 Å². The molecule has 0 saturated heterocycles. The second-order valence-corrected chi connectivity index (χ2v) is 11.1. The number of amides is 1. The Hall–Kier alpha value is -1.61. The van der Waals surface area contributed by atoms with Crippen molar-refractivity contribution in [3.8, 4) is 0 Å². The zero-order valence-electron chi connectivity index (χ0n) is 16.8. The Kier molecular flexibility index (Phi) is 8.25. The van der Waals surface area contributed by atoms with Gasteiger partial charge in [0.2, 0.25) is 15.9 Å². The first-order chi connectivity index (χ1) is 15.1. The van der Waals surface area contributed by atoms with E-state index in [1.807, 2.05) is 0 Å².